The van der Waals surface area contributed by atoms with Gasteiger partial charge in [-0.25, -0.2) is 0 Å². The van der Waals surface area contributed by atoms with Gasteiger partial charge in [0.2, 0.25) is 0 Å². The van der Waals surface area contributed by atoms with E-state index in [-0.39, 0.29) is 0 Å². The summed E-state index contributed by atoms with van der Waals surface area (Å²) in [5, 5.41) is 12.6. The Morgan fingerprint density at radius 1 is 1.12 bits per heavy atom. The lowest BCUT2D eigenvalue weighted by Crippen LogP contribution is -2.38. The van der Waals surface area contributed by atoms with Crippen molar-refractivity contribution in [2.45, 2.75) is 32.4 Å². The zero-order chi connectivity index (χ0) is 18.1. The van der Waals surface area contributed by atoms with Crippen molar-refractivity contribution in [3.63, 3.8) is 0 Å². The number of methoxy groups -OCH3 is 1. The van der Waals surface area contributed by atoms with Crippen LogP contribution < -0.4 is 14.8 Å². The summed E-state index contributed by atoms with van der Waals surface area (Å²) in [5.74, 6) is 0.495. The quantitative estimate of drug-likeness (QED) is 0.693. The molecule has 0 amide bonds. The number of carboxylic acids is 1. The summed E-state index contributed by atoms with van der Waals surface area (Å²) in [6, 6.07) is 14.6. The van der Waals surface area contributed by atoms with Crippen LogP contribution in [0.25, 0.3) is 0 Å². The van der Waals surface area contributed by atoms with Gasteiger partial charge in [0.25, 0.3) is 0 Å². The van der Waals surface area contributed by atoms with Crippen LogP contribution in [0.3, 0.4) is 0 Å². The number of ether oxygens (including phenoxy) is 2. The third kappa shape index (κ3) is 5.80. The van der Waals surface area contributed by atoms with Crippen molar-refractivity contribution in [1.82, 2.24) is 5.32 Å². The van der Waals surface area contributed by atoms with E-state index in [2.05, 4.69) is 5.32 Å². The molecule has 1 atom stereocenters. The number of hydrogen-bond donors (Lipinski definition) is 2. The second-order valence-electron chi connectivity index (χ2n) is 5.80. The molecular weight excluding hydrogens is 318 g/mol. The van der Waals surface area contributed by atoms with E-state index in [4.69, 9.17) is 9.47 Å². The molecule has 0 fully saturated rings. The Bertz CT molecular complexity index is 673. The summed E-state index contributed by atoms with van der Waals surface area (Å²) in [4.78, 5) is 11.5. The van der Waals surface area contributed by atoms with E-state index >= 15 is 0 Å². The molecular formula is C20H25NO4. The molecule has 2 N–H and O–H groups in total. The average Bonchev–Trinajstić information content (AvgIpc) is 2.64. The molecule has 0 bridgehead atoms. The third-order valence-corrected chi connectivity index (χ3v) is 3.82. The van der Waals surface area contributed by atoms with E-state index < -0.39 is 12.0 Å². The summed E-state index contributed by atoms with van der Waals surface area (Å²) in [6.45, 7) is 3.09. The first-order chi connectivity index (χ1) is 12.1. The lowest BCUT2D eigenvalue weighted by atomic mass is 10.1. The maximum absolute atomic E-state index is 11.5. The van der Waals surface area contributed by atoms with E-state index in [0.717, 1.165) is 17.5 Å². The first-order valence-corrected chi connectivity index (χ1v) is 8.43. The van der Waals surface area contributed by atoms with Crippen LogP contribution in [0, 0.1) is 0 Å². The van der Waals surface area contributed by atoms with Gasteiger partial charge < -0.3 is 19.9 Å². The molecule has 0 saturated heterocycles. The number of hydrogen-bond acceptors (Lipinski definition) is 4. The monoisotopic (exact) mass is 343 g/mol. The van der Waals surface area contributed by atoms with Gasteiger partial charge in [0.15, 0.2) is 11.5 Å². The topological polar surface area (TPSA) is 67.8 Å². The third-order valence-electron chi connectivity index (χ3n) is 3.82. The van der Waals surface area contributed by atoms with Crippen LogP contribution in [0.4, 0.5) is 0 Å². The lowest BCUT2D eigenvalue weighted by molar-refractivity contribution is -0.139. The fourth-order valence-electron chi connectivity index (χ4n) is 2.49. The van der Waals surface area contributed by atoms with Crippen LogP contribution in [0.2, 0.25) is 0 Å². The van der Waals surface area contributed by atoms with E-state index in [1.54, 1.807) is 7.11 Å². The van der Waals surface area contributed by atoms with Crippen LogP contribution in [-0.4, -0.2) is 30.8 Å². The number of benzene rings is 2. The van der Waals surface area contributed by atoms with Crippen molar-refractivity contribution < 1.29 is 19.4 Å². The van der Waals surface area contributed by atoms with Gasteiger partial charge in [0, 0.05) is 6.54 Å². The largest absolute Gasteiger partial charge is 0.493 e. The van der Waals surface area contributed by atoms with Crippen molar-refractivity contribution in [3.05, 3.63) is 59.7 Å². The SMILES string of the molecule is CCCOc1cc(CN[C@H](Cc2ccccc2)C(=O)O)ccc1OC. The zero-order valence-electron chi connectivity index (χ0n) is 14.7. The first-order valence-electron chi connectivity index (χ1n) is 8.43. The Labute approximate surface area is 148 Å². The Hall–Kier alpha value is -2.53. The van der Waals surface area contributed by atoms with Crippen molar-refractivity contribution in [2.24, 2.45) is 0 Å². The highest BCUT2D eigenvalue weighted by Gasteiger charge is 2.17. The lowest BCUT2D eigenvalue weighted by Gasteiger charge is -2.16. The summed E-state index contributed by atoms with van der Waals surface area (Å²) in [6.07, 6.45) is 1.34. The normalized spacial score (nSPS) is 11.8. The highest BCUT2D eigenvalue weighted by molar-refractivity contribution is 5.73. The van der Waals surface area contributed by atoms with Crippen LogP contribution in [0.1, 0.15) is 24.5 Å². The molecule has 5 heteroatoms. The minimum absolute atomic E-state index is 0.436. The van der Waals surface area contributed by atoms with Crippen molar-refractivity contribution in [2.75, 3.05) is 13.7 Å². The molecule has 2 aromatic carbocycles. The minimum atomic E-state index is -0.861. The Kier molecular flexibility index (Phi) is 7.29. The first kappa shape index (κ1) is 18.8. The zero-order valence-corrected chi connectivity index (χ0v) is 14.7. The van der Waals surface area contributed by atoms with Crippen LogP contribution in [-0.2, 0) is 17.8 Å². The molecule has 0 saturated carbocycles. The Morgan fingerprint density at radius 2 is 1.88 bits per heavy atom. The second-order valence-corrected chi connectivity index (χ2v) is 5.80. The highest BCUT2D eigenvalue weighted by Crippen LogP contribution is 2.28. The smallest absolute Gasteiger partial charge is 0.321 e. The molecule has 2 rings (SSSR count). The minimum Gasteiger partial charge on any atom is -0.493 e. The molecule has 0 spiro atoms. The maximum atomic E-state index is 11.5. The van der Waals surface area contributed by atoms with Gasteiger partial charge in [-0.15, -0.1) is 0 Å². The van der Waals surface area contributed by atoms with Gasteiger partial charge in [-0.3, -0.25) is 4.79 Å². The maximum Gasteiger partial charge on any atom is 0.321 e. The summed E-state index contributed by atoms with van der Waals surface area (Å²) in [7, 11) is 1.60. The molecule has 25 heavy (non-hydrogen) atoms. The predicted molar refractivity (Wildman–Crippen MR) is 97.2 cm³/mol. The van der Waals surface area contributed by atoms with Crippen molar-refractivity contribution >= 4 is 5.97 Å². The number of carbonyl (C=O) groups is 1. The Balaban J connectivity index is 2.03. The van der Waals surface area contributed by atoms with Crippen LogP contribution >= 0.6 is 0 Å². The Morgan fingerprint density at radius 3 is 2.52 bits per heavy atom. The van der Waals surface area contributed by atoms with Crippen molar-refractivity contribution in [1.29, 1.82) is 0 Å². The molecule has 2 aromatic rings. The summed E-state index contributed by atoms with van der Waals surface area (Å²) < 4.78 is 11.0. The van der Waals surface area contributed by atoms with E-state index in [0.29, 0.717) is 31.1 Å². The fourth-order valence-corrected chi connectivity index (χ4v) is 2.49. The number of carboxylic acid groups (broad SMARTS) is 1. The molecule has 0 aliphatic rings. The number of nitrogens with one attached hydrogen (secondary N) is 1. The van der Waals surface area contributed by atoms with E-state index in [1.165, 1.54) is 0 Å². The molecule has 0 radical (unpaired) electrons. The van der Waals surface area contributed by atoms with Crippen molar-refractivity contribution in [3.8, 4) is 11.5 Å². The van der Waals surface area contributed by atoms with Gasteiger partial charge in [-0.2, -0.15) is 0 Å². The molecule has 0 unspecified atom stereocenters. The standard InChI is InChI=1S/C20H25NO4/c1-3-11-25-19-13-16(9-10-18(19)24-2)14-21-17(20(22)23)12-15-7-5-4-6-8-15/h4-10,13,17,21H,3,11-12,14H2,1-2H3,(H,22,23)/t17-/m1/s1. The molecule has 0 aliphatic heterocycles. The molecule has 0 aromatic heterocycles. The number of rotatable bonds is 10. The number of aliphatic carboxylic acids is 1. The fraction of sp³-hybridized carbons (Fsp3) is 0.350. The summed E-state index contributed by atoms with van der Waals surface area (Å²) in [5.41, 5.74) is 1.94. The van der Waals surface area contributed by atoms with Gasteiger partial charge in [0.05, 0.1) is 13.7 Å². The second kappa shape index (κ2) is 9.69. The van der Waals surface area contributed by atoms with E-state index in [9.17, 15) is 9.90 Å². The van der Waals surface area contributed by atoms with Gasteiger partial charge in [-0.1, -0.05) is 43.3 Å². The van der Waals surface area contributed by atoms with Crippen LogP contribution in [0.5, 0.6) is 11.5 Å². The molecule has 5 nitrogen and oxygen atoms in total. The molecule has 0 heterocycles. The van der Waals surface area contributed by atoms with Crippen LogP contribution in [0.15, 0.2) is 48.5 Å². The molecule has 0 aliphatic carbocycles. The van der Waals surface area contributed by atoms with Gasteiger partial charge in [0.1, 0.15) is 6.04 Å². The highest BCUT2D eigenvalue weighted by atomic mass is 16.5. The molecule has 134 valence electrons. The van der Waals surface area contributed by atoms with Gasteiger partial charge in [-0.05, 0) is 36.1 Å². The average molecular weight is 343 g/mol. The predicted octanol–water partition coefficient (Wildman–Crippen LogP) is 3.27. The van der Waals surface area contributed by atoms with E-state index in [1.807, 2.05) is 55.5 Å². The summed E-state index contributed by atoms with van der Waals surface area (Å²) >= 11 is 0. The van der Waals surface area contributed by atoms with Gasteiger partial charge >= 0.3 is 5.97 Å².